The van der Waals surface area contributed by atoms with E-state index in [2.05, 4.69) is 4.42 Å². The van der Waals surface area contributed by atoms with Crippen LogP contribution in [0.1, 0.15) is 5.56 Å². The highest BCUT2D eigenvalue weighted by atomic mass is 32.5. The van der Waals surface area contributed by atoms with Gasteiger partial charge >= 0.3 is 10.2 Å². The van der Waals surface area contributed by atoms with Crippen LogP contribution in [0.25, 0.3) is 11.0 Å². The molecule has 1 aromatic carbocycles. The van der Waals surface area contributed by atoms with Crippen molar-refractivity contribution in [1.29, 1.82) is 0 Å². The van der Waals surface area contributed by atoms with E-state index in [-0.39, 0.29) is 30.2 Å². The molecule has 0 saturated carbocycles. The zero-order valence-corrected chi connectivity index (χ0v) is 11.2. The predicted molar refractivity (Wildman–Crippen MR) is 66.9 cm³/mol. The normalized spacial score (nSPS) is 15.9. The first-order valence-electron chi connectivity index (χ1n) is 5.49. The van der Waals surface area contributed by atoms with Crippen LogP contribution in [0.4, 0.5) is 19.4 Å². The van der Waals surface area contributed by atoms with Crippen LogP contribution in [-0.2, 0) is 6.42 Å². The Morgan fingerprint density at radius 2 is 1.90 bits per heavy atom. The van der Waals surface area contributed by atoms with Crippen LogP contribution in [0.3, 0.4) is 0 Å². The maximum Gasteiger partial charge on any atom is 0.314 e. The molecule has 20 heavy (non-hydrogen) atoms. The topological polar surface area (TPSA) is 48.4 Å². The summed E-state index contributed by atoms with van der Waals surface area (Å²) in [5, 5.41) is -0.0712. The van der Waals surface area contributed by atoms with E-state index < -0.39 is 20.7 Å². The van der Waals surface area contributed by atoms with E-state index >= 15 is 0 Å². The first-order valence-corrected chi connectivity index (χ1v) is 7.44. The van der Waals surface area contributed by atoms with Gasteiger partial charge in [-0.3, -0.25) is 0 Å². The monoisotopic (exact) mass is 317 g/mol. The van der Waals surface area contributed by atoms with Gasteiger partial charge in [-0.2, -0.15) is 0 Å². The van der Waals surface area contributed by atoms with E-state index in [0.29, 0.717) is 5.56 Å². The minimum atomic E-state index is -9.88. The first-order chi connectivity index (χ1) is 8.97. The minimum Gasteiger partial charge on any atom is -0.496 e. The third-order valence-corrected chi connectivity index (χ3v) is 3.94. The van der Waals surface area contributed by atoms with Gasteiger partial charge in [0.15, 0.2) is 10.5 Å². The molecule has 0 atom stereocenters. The van der Waals surface area contributed by atoms with Crippen LogP contribution in [-0.4, -0.2) is 13.7 Å². The Balaban J connectivity index is 2.90. The highest BCUT2D eigenvalue weighted by Gasteiger charge is 2.67. The van der Waals surface area contributed by atoms with Crippen LogP contribution < -0.4 is 10.5 Å². The smallest absolute Gasteiger partial charge is 0.314 e. The molecule has 0 fully saturated rings. The maximum absolute atomic E-state index is 13.0. The Hall–Kier alpha value is -1.48. The number of ether oxygens (including phenoxy) is 1. The van der Waals surface area contributed by atoms with Crippen LogP contribution >= 0.6 is 10.2 Å². The molecule has 2 aromatic rings. The van der Waals surface area contributed by atoms with Crippen molar-refractivity contribution in [3.05, 3.63) is 24.0 Å². The SMILES string of the molecule is COc1cc(S(F)(F)(F)(F)F)c2occc2c1CCN. The van der Waals surface area contributed by atoms with Crippen LogP contribution in [0.5, 0.6) is 5.75 Å². The number of hydrogen-bond acceptors (Lipinski definition) is 3. The van der Waals surface area contributed by atoms with Crippen molar-refractivity contribution in [2.75, 3.05) is 13.7 Å². The quantitative estimate of drug-likeness (QED) is 0.838. The standard InChI is InChI=1S/C11H12F5NO2S/c1-18-9-6-10(20(12,13,14,15)16)11-8(3-5-19-11)7(9)2-4-17/h3,5-6H,2,4,17H2,1H3. The van der Waals surface area contributed by atoms with Crippen molar-refractivity contribution < 1.29 is 28.6 Å². The lowest BCUT2D eigenvalue weighted by Crippen LogP contribution is -2.09. The Kier molecular flexibility index (Phi) is 2.83. The number of fused-ring (bicyclic) bond motifs is 1. The second-order valence-electron chi connectivity index (χ2n) is 4.23. The van der Waals surface area contributed by atoms with Gasteiger partial charge in [-0.05, 0) is 19.0 Å². The number of hydrogen-bond donors (Lipinski definition) is 1. The van der Waals surface area contributed by atoms with E-state index in [0.717, 1.165) is 13.4 Å². The summed E-state index contributed by atoms with van der Waals surface area (Å²) < 4.78 is 74.7. The summed E-state index contributed by atoms with van der Waals surface area (Å²) in [5.41, 5.74) is 4.79. The van der Waals surface area contributed by atoms with Crippen molar-refractivity contribution >= 4 is 21.2 Å². The number of benzene rings is 1. The fourth-order valence-electron chi connectivity index (χ4n) is 2.01. The molecule has 3 nitrogen and oxygen atoms in total. The zero-order valence-electron chi connectivity index (χ0n) is 10.3. The summed E-state index contributed by atoms with van der Waals surface area (Å²) >= 11 is 0. The van der Waals surface area contributed by atoms with Gasteiger partial charge in [-0.25, -0.2) is 0 Å². The average Bonchev–Trinajstić information content (AvgIpc) is 2.74. The van der Waals surface area contributed by atoms with Crippen molar-refractivity contribution in [3.8, 4) is 5.75 Å². The van der Waals surface area contributed by atoms with Crippen molar-refractivity contribution in [2.45, 2.75) is 11.3 Å². The Labute approximate surface area is 111 Å². The van der Waals surface area contributed by atoms with Gasteiger partial charge in [-0.15, -0.1) is 0 Å². The largest absolute Gasteiger partial charge is 0.496 e. The van der Waals surface area contributed by atoms with Crippen LogP contribution in [0.2, 0.25) is 0 Å². The number of furan rings is 1. The molecule has 0 aliphatic carbocycles. The van der Waals surface area contributed by atoms with Gasteiger partial charge in [0, 0.05) is 17.0 Å². The van der Waals surface area contributed by atoms with E-state index in [1.807, 2.05) is 0 Å². The van der Waals surface area contributed by atoms with Gasteiger partial charge in [0.1, 0.15) is 5.75 Å². The third-order valence-electron chi connectivity index (χ3n) is 2.80. The number of rotatable bonds is 4. The molecule has 0 bridgehead atoms. The minimum absolute atomic E-state index is 0.0712. The Morgan fingerprint density at radius 3 is 2.40 bits per heavy atom. The lowest BCUT2D eigenvalue weighted by atomic mass is 10.1. The molecular formula is C11H12F5NO2S. The van der Waals surface area contributed by atoms with E-state index in [1.165, 1.54) is 6.07 Å². The van der Waals surface area contributed by atoms with Gasteiger partial charge in [0.25, 0.3) is 0 Å². The predicted octanol–water partition coefficient (Wildman–Crippen LogP) is 4.60. The molecule has 0 amide bonds. The lowest BCUT2D eigenvalue weighted by molar-refractivity contribution is 0.360. The van der Waals surface area contributed by atoms with Crippen LogP contribution in [0.15, 0.2) is 27.7 Å². The molecule has 0 spiro atoms. The average molecular weight is 317 g/mol. The van der Waals surface area contributed by atoms with Crippen molar-refractivity contribution in [3.63, 3.8) is 0 Å². The zero-order chi connectivity index (χ0) is 15.2. The summed E-state index contributed by atoms with van der Waals surface area (Å²) in [4.78, 5) is -2.08. The number of halogens is 5. The molecule has 0 radical (unpaired) electrons. The highest BCUT2D eigenvalue weighted by molar-refractivity contribution is 8.46. The van der Waals surface area contributed by atoms with Crippen LogP contribution in [0, 0.1) is 0 Å². The highest BCUT2D eigenvalue weighted by Crippen LogP contribution is 3.02. The summed E-state index contributed by atoms with van der Waals surface area (Å²) in [6.45, 7) is 0.131. The number of methoxy groups -OCH3 is 1. The van der Waals surface area contributed by atoms with Gasteiger partial charge < -0.3 is 14.9 Å². The fourth-order valence-corrected chi connectivity index (χ4v) is 2.85. The molecule has 0 aliphatic heterocycles. The molecule has 1 heterocycles. The maximum atomic E-state index is 13.0. The van der Waals surface area contributed by atoms with Crippen molar-refractivity contribution in [2.24, 2.45) is 5.73 Å². The molecule has 2 N–H and O–H groups in total. The molecule has 0 aliphatic rings. The van der Waals surface area contributed by atoms with Gasteiger partial charge in [0.2, 0.25) is 0 Å². The Morgan fingerprint density at radius 1 is 1.25 bits per heavy atom. The molecule has 114 valence electrons. The molecule has 0 unspecified atom stereocenters. The third kappa shape index (κ3) is 2.55. The summed E-state index contributed by atoms with van der Waals surface area (Å²) in [5.74, 6) is -0.285. The second-order valence-corrected chi connectivity index (χ2v) is 6.60. The molecule has 2 rings (SSSR count). The van der Waals surface area contributed by atoms with Crippen molar-refractivity contribution in [1.82, 2.24) is 0 Å². The van der Waals surface area contributed by atoms with E-state index in [1.54, 1.807) is 0 Å². The fraction of sp³-hybridized carbons (Fsp3) is 0.273. The summed E-state index contributed by atoms with van der Waals surface area (Å²) in [6, 6.07) is 1.47. The van der Waals surface area contributed by atoms with Gasteiger partial charge in [-0.1, -0.05) is 19.4 Å². The first kappa shape index (κ1) is 14.9. The van der Waals surface area contributed by atoms with Gasteiger partial charge in [0.05, 0.1) is 13.4 Å². The lowest BCUT2D eigenvalue weighted by Gasteiger charge is -2.40. The molecular weight excluding hydrogens is 305 g/mol. The summed E-state index contributed by atoms with van der Waals surface area (Å²) in [6.07, 6.45) is 1.11. The molecule has 9 heteroatoms. The molecule has 0 saturated heterocycles. The number of nitrogens with two attached hydrogens (primary N) is 1. The summed E-state index contributed by atoms with van der Waals surface area (Å²) in [7, 11) is -8.77. The van der Waals surface area contributed by atoms with E-state index in [4.69, 9.17) is 10.5 Å². The second kappa shape index (κ2) is 3.79. The Bertz CT molecular complexity index is 665. The molecule has 1 aromatic heterocycles. The van der Waals surface area contributed by atoms with E-state index in [9.17, 15) is 19.4 Å².